The molecule has 86 valence electrons. The van der Waals surface area contributed by atoms with E-state index in [0.29, 0.717) is 5.56 Å². The third-order valence-corrected chi connectivity index (χ3v) is 2.95. The smallest absolute Gasteiger partial charge is 0.111 e. The lowest BCUT2D eigenvalue weighted by atomic mass is 10.1. The third kappa shape index (κ3) is 1.56. The van der Waals surface area contributed by atoms with Crippen molar-refractivity contribution >= 4 is 5.52 Å². The largest absolute Gasteiger partial charge is 0.239 e. The van der Waals surface area contributed by atoms with Crippen LogP contribution in [0.4, 0.5) is 0 Å². The fourth-order valence-electron chi connectivity index (χ4n) is 2.06. The summed E-state index contributed by atoms with van der Waals surface area (Å²) in [4.78, 5) is 0. The van der Waals surface area contributed by atoms with Gasteiger partial charge >= 0.3 is 0 Å². The van der Waals surface area contributed by atoms with Gasteiger partial charge in [0.1, 0.15) is 17.3 Å². The number of nitrogens with zero attached hydrogens (tertiary/aromatic N) is 3. The summed E-state index contributed by atoms with van der Waals surface area (Å²) in [5, 5.41) is 13.8. The maximum atomic E-state index is 9.35. The first-order valence-corrected chi connectivity index (χ1v) is 5.74. The van der Waals surface area contributed by atoms with Crippen LogP contribution in [-0.4, -0.2) is 9.61 Å². The third-order valence-electron chi connectivity index (χ3n) is 2.95. The lowest BCUT2D eigenvalue weighted by Crippen LogP contribution is -1.86. The van der Waals surface area contributed by atoms with E-state index in [-0.39, 0.29) is 0 Å². The second kappa shape index (κ2) is 4.01. The fraction of sp³-hybridized carbons (Fsp3) is 0.0667. The molecule has 0 saturated heterocycles. The van der Waals surface area contributed by atoms with Gasteiger partial charge in [-0.25, -0.2) is 4.52 Å². The Morgan fingerprint density at radius 1 is 1.17 bits per heavy atom. The summed E-state index contributed by atoms with van der Waals surface area (Å²) in [6, 6.07) is 16.0. The highest BCUT2D eigenvalue weighted by atomic mass is 15.2. The summed E-state index contributed by atoms with van der Waals surface area (Å²) < 4.78 is 1.76. The van der Waals surface area contributed by atoms with E-state index in [1.807, 2.05) is 55.6 Å². The molecule has 0 bridgehead atoms. The van der Waals surface area contributed by atoms with Crippen LogP contribution in [-0.2, 0) is 0 Å². The van der Waals surface area contributed by atoms with Gasteiger partial charge in [-0.05, 0) is 24.6 Å². The van der Waals surface area contributed by atoms with Crippen molar-refractivity contribution in [3.63, 3.8) is 0 Å². The van der Waals surface area contributed by atoms with Gasteiger partial charge in [-0.2, -0.15) is 10.4 Å². The lowest BCUT2D eigenvalue weighted by Gasteiger charge is -1.95. The summed E-state index contributed by atoms with van der Waals surface area (Å²) in [5.41, 5.74) is 4.32. The molecule has 0 atom stereocenters. The molecule has 3 rings (SSSR count). The van der Waals surface area contributed by atoms with Crippen molar-refractivity contribution in [1.82, 2.24) is 9.61 Å². The zero-order chi connectivity index (χ0) is 12.5. The van der Waals surface area contributed by atoms with Gasteiger partial charge in [-0.15, -0.1) is 0 Å². The Bertz CT molecular complexity index is 748. The number of aromatic nitrogens is 2. The van der Waals surface area contributed by atoms with E-state index >= 15 is 0 Å². The molecule has 2 aromatic heterocycles. The topological polar surface area (TPSA) is 41.1 Å². The van der Waals surface area contributed by atoms with E-state index in [2.05, 4.69) is 11.2 Å². The molecule has 3 heteroatoms. The molecular formula is C15H11N3. The summed E-state index contributed by atoms with van der Waals surface area (Å²) in [6.45, 7) is 2.01. The van der Waals surface area contributed by atoms with Gasteiger partial charge in [0.05, 0.1) is 5.52 Å². The summed E-state index contributed by atoms with van der Waals surface area (Å²) >= 11 is 0. The molecule has 0 fully saturated rings. The van der Waals surface area contributed by atoms with Crippen LogP contribution in [0.2, 0.25) is 0 Å². The number of hydrogen-bond donors (Lipinski definition) is 0. The van der Waals surface area contributed by atoms with Gasteiger partial charge < -0.3 is 0 Å². The van der Waals surface area contributed by atoms with Crippen molar-refractivity contribution in [2.45, 2.75) is 6.92 Å². The normalized spacial score (nSPS) is 10.4. The Labute approximate surface area is 105 Å². The number of rotatable bonds is 1. The van der Waals surface area contributed by atoms with Crippen molar-refractivity contribution in [3.05, 3.63) is 59.8 Å². The number of nitriles is 1. The monoisotopic (exact) mass is 233 g/mol. The molecule has 0 aliphatic heterocycles. The highest BCUT2D eigenvalue weighted by Gasteiger charge is 2.13. The zero-order valence-corrected chi connectivity index (χ0v) is 9.96. The van der Waals surface area contributed by atoms with Gasteiger partial charge in [-0.3, -0.25) is 0 Å². The standard InChI is InChI=1S/C15H11N3/c1-11-7-8-18-14(9-11)13(10-16)15(17-18)12-5-3-2-4-6-12/h2-9H,1H3. The molecule has 0 aliphatic rings. The van der Waals surface area contributed by atoms with Crippen molar-refractivity contribution in [1.29, 1.82) is 5.26 Å². The molecule has 0 radical (unpaired) electrons. The molecule has 3 nitrogen and oxygen atoms in total. The molecule has 0 N–H and O–H groups in total. The van der Waals surface area contributed by atoms with Crippen LogP contribution >= 0.6 is 0 Å². The minimum atomic E-state index is 0.630. The summed E-state index contributed by atoms with van der Waals surface area (Å²) in [6.07, 6.45) is 1.89. The van der Waals surface area contributed by atoms with Gasteiger partial charge in [0.2, 0.25) is 0 Å². The second-order valence-electron chi connectivity index (χ2n) is 4.24. The first-order valence-electron chi connectivity index (χ1n) is 5.74. The maximum absolute atomic E-state index is 9.35. The van der Waals surface area contributed by atoms with E-state index in [9.17, 15) is 5.26 Å². The van der Waals surface area contributed by atoms with E-state index < -0.39 is 0 Å². The SMILES string of the molecule is Cc1ccn2nc(-c3ccccc3)c(C#N)c2c1. The molecular weight excluding hydrogens is 222 g/mol. The van der Waals surface area contributed by atoms with Crippen LogP contribution in [0.15, 0.2) is 48.7 Å². The maximum Gasteiger partial charge on any atom is 0.111 e. The molecule has 0 amide bonds. The predicted molar refractivity (Wildman–Crippen MR) is 70.1 cm³/mol. The average Bonchev–Trinajstić information content (AvgIpc) is 2.77. The van der Waals surface area contributed by atoms with E-state index in [4.69, 9.17) is 0 Å². The Kier molecular flexibility index (Phi) is 2.35. The molecule has 3 aromatic rings. The molecule has 18 heavy (non-hydrogen) atoms. The minimum absolute atomic E-state index is 0.630. The van der Waals surface area contributed by atoms with Gasteiger partial charge in [0.15, 0.2) is 0 Å². The van der Waals surface area contributed by atoms with Crippen LogP contribution in [0.25, 0.3) is 16.8 Å². The Morgan fingerprint density at radius 3 is 2.67 bits per heavy atom. The Balaban J connectivity index is 2.34. The van der Waals surface area contributed by atoms with Crippen molar-refractivity contribution in [2.24, 2.45) is 0 Å². The van der Waals surface area contributed by atoms with Crippen LogP contribution in [0.3, 0.4) is 0 Å². The zero-order valence-electron chi connectivity index (χ0n) is 9.96. The first kappa shape index (κ1) is 10.5. The van der Waals surface area contributed by atoms with Crippen LogP contribution in [0.5, 0.6) is 0 Å². The highest BCUT2D eigenvalue weighted by Crippen LogP contribution is 2.25. The van der Waals surface area contributed by atoms with Crippen LogP contribution in [0.1, 0.15) is 11.1 Å². The predicted octanol–water partition coefficient (Wildman–Crippen LogP) is 3.18. The van der Waals surface area contributed by atoms with Gasteiger partial charge in [0.25, 0.3) is 0 Å². The van der Waals surface area contributed by atoms with E-state index in [0.717, 1.165) is 22.3 Å². The first-order chi connectivity index (χ1) is 8.79. The van der Waals surface area contributed by atoms with Gasteiger partial charge in [0, 0.05) is 11.8 Å². The van der Waals surface area contributed by atoms with Crippen LogP contribution in [0, 0.1) is 18.3 Å². The molecule has 0 aliphatic carbocycles. The number of hydrogen-bond acceptors (Lipinski definition) is 2. The average molecular weight is 233 g/mol. The lowest BCUT2D eigenvalue weighted by molar-refractivity contribution is 0.962. The van der Waals surface area contributed by atoms with E-state index in [1.165, 1.54) is 0 Å². The highest BCUT2D eigenvalue weighted by molar-refractivity contribution is 5.77. The summed E-state index contributed by atoms with van der Waals surface area (Å²) in [7, 11) is 0. The fourth-order valence-corrected chi connectivity index (χ4v) is 2.06. The minimum Gasteiger partial charge on any atom is -0.239 e. The van der Waals surface area contributed by atoms with Crippen LogP contribution < -0.4 is 0 Å². The Morgan fingerprint density at radius 2 is 1.94 bits per heavy atom. The quantitative estimate of drug-likeness (QED) is 0.647. The van der Waals surface area contributed by atoms with Crippen molar-refractivity contribution in [2.75, 3.05) is 0 Å². The molecule has 0 unspecified atom stereocenters. The van der Waals surface area contributed by atoms with Crippen molar-refractivity contribution in [3.8, 4) is 17.3 Å². The summed E-state index contributed by atoms with van der Waals surface area (Å²) in [5.74, 6) is 0. The van der Waals surface area contributed by atoms with Gasteiger partial charge in [-0.1, -0.05) is 30.3 Å². The molecule has 2 heterocycles. The Hall–Kier alpha value is -2.60. The molecule has 0 spiro atoms. The number of pyridine rings is 1. The number of benzene rings is 1. The molecule has 0 saturated carbocycles. The second-order valence-corrected chi connectivity index (χ2v) is 4.24. The van der Waals surface area contributed by atoms with E-state index in [1.54, 1.807) is 4.52 Å². The number of fused-ring (bicyclic) bond motifs is 1. The number of aryl methyl sites for hydroxylation is 1. The molecule has 1 aromatic carbocycles. The van der Waals surface area contributed by atoms with Crippen molar-refractivity contribution < 1.29 is 0 Å².